The van der Waals surface area contributed by atoms with E-state index in [0.717, 1.165) is 5.56 Å². The van der Waals surface area contributed by atoms with Crippen molar-refractivity contribution in [3.05, 3.63) is 35.6 Å². The highest BCUT2D eigenvalue weighted by molar-refractivity contribution is 5.93. The first-order chi connectivity index (χ1) is 11.5. The highest BCUT2D eigenvalue weighted by Crippen LogP contribution is 2.32. The molecule has 8 heteroatoms. The number of nitrogens with zero attached hydrogens (tertiary/aromatic N) is 2. The van der Waals surface area contributed by atoms with E-state index in [1.165, 1.54) is 11.8 Å². The number of hydrogen-bond donors (Lipinski definition) is 1. The summed E-state index contributed by atoms with van der Waals surface area (Å²) in [5.74, 6) is 1.67. The SMILES string of the molecule is CC(=O)N(CC(=O)Nc1cc(C)on1)Cc1ccc2c(c1)OCO2. The molecular formula is C16H17N3O5. The second kappa shape index (κ2) is 6.61. The van der Waals surface area contributed by atoms with Gasteiger partial charge in [0.2, 0.25) is 18.6 Å². The average molecular weight is 331 g/mol. The van der Waals surface area contributed by atoms with Crippen LogP contribution in [0.4, 0.5) is 5.82 Å². The first-order valence-corrected chi connectivity index (χ1v) is 7.38. The fourth-order valence-corrected chi connectivity index (χ4v) is 2.32. The van der Waals surface area contributed by atoms with E-state index >= 15 is 0 Å². The van der Waals surface area contributed by atoms with E-state index in [-0.39, 0.29) is 31.7 Å². The summed E-state index contributed by atoms with van der Waals surface area (Å²) in [6.07, 6.45) is 0. The minimum absolute atomic E-state index is 0.0876. The van der Waals surface area contributed by atoms with Crippen LogP contribution in [0.15, 0.2) is 28.8 Å². The minimum atomic E-state index is -0.348. The zero-order valence-corrected chi connectivity index (χ0v) is 13.4. The van der Waals surface area contributed by atoms with E-state index in [4.69, 9.17) is 14.0 Å². The van der Waals surface area contributed by atoms with Gasteiger partial charge in [-0.1, -0.05) is 11.2 Å². The molecule has 8 nitrogen and oxygen atoms in total. The van der Waals surface area contributed by atoms with Gasteiger partial charge in [-0.2, -0.15) is 0 Å². The topological polar surface area (TPSA) is 93.9 Å². The number of anilines is 1. The Hall–Kier alpha value is -3.03. The number of aromatic nitrogens is 1. The van der Waals surface area contributed by atoms with Crippen LogP contribution in [-0.2, 0) is 16.1 Å². The smallest absolute Gasteiger partial charge is 0.245 e. The number of carbonyl (C=O) groups excluding carboxylic acids is 2. The van der Waals surface area contributed by atoms with E-state index in [0.29, 0.717) is 23.1 Å². The highest BCUT2D eigenvalue weighted by atomic mass is 16.7. The van der Waals surface area contributed by atoms with Crippen LogP contribution in [0.25, 0.3) is 0 Å². The quantitative estimate of drug-likeness (QED) is 0.896. The van der Waals surface area contributed by atoms with Gasteiger partial charge in [-0.25, -0.2) is 0 Å². The van der Waals surface area contributed by atoms with Crippen LogP contribution in [0.3, 0.4) is 0 Å². The fourth-order valence-electron chi connectivity index (χ4n) is 2.32. The minimum Gasteiger partial charge on any atom is -0.454 e. The molecule has 0 fully saturated rings. The molecule has 0 unspecified atom stereocenters. The Morgan fingerprint density at radius 2 is 2.04 bits per heavy atom. The van der Waals surface area contributed by atoms with Gasteiger partial charge in [0.15, 0.2) is 17.3 Å². The van der Waals surface area contributed by atoms with E-state index in [9.17, 15) is 9.59 Å². The lowest BCUT2D eigenvalue weighted by molar-refractivity contribution is -0.133. The summed E-state index contributed by atoms with van der Waals surface area (Å²) in [6, 6.07) is 7.03. The molecule has 1 aliphatic rings. The predicted octanol–water partition coefficient (Wildman–Crippen LogP) is 1.70. The van der Waals surface area contributed by atoms with E-state index in [2.05, 4.69) is 10.5 Å². The monoisotopic (exact) mass is 331 g/mol. The second-order valence-corrected chi connectivity index (χ2v) is 5.43. The molecule has 2 amide bonds. The second-order valence-electron chi connectivity index (χ2n) is 5.43. The summed E-state index contributed by atoms with van der Waals surface area (Å²) < 4.78 is 15.5. The molecule has 2 aromatic rings. The summed E-state index contributed by atoms with van der Waals surface area (Å²) >= 11 is 0. The van der Waals surface area contributed by atoms with Crippen LogP contribution >= 0.6 is 0 Å². The summed E-state index contributed by atoms with van der Waals surface area (Å²) in [5, 5.41) is 6.28. The number of hydrogen-bond acceptors (Lipinski definition) is 6. The molecule has 126 valence electrons. The summed E-state index contributed by atoms with van der Waals surface area (Å²) in [5.41, 5.74) is 0.847. The van der Waals surface area contributed by atoms with Gasteiger partial charge < -0.3 is 24.2 Å². The standard InChI is InChI=1S/C16H17N3O5/c1-10-5-15(18-24-10)17-16(21)8-19(11(2)20)7-12-3-4-13-14(6-12)23-9-22-13/h3-6H,7-9H2,1-2H3,(H,17,18,21). The molecule has 1 aromatic heterocycles. The number of fused-ring (bicyclic) bond motifs is 1. The molecule has 0 atom stereocenters. The van der Waals surface area contributed by atoms with Crippen molar-refractivity contribution < 1.29 is 23.6 Å². The van der Waals surface area contributed by atoms with E-state index in [1.807, 2.05) is 6.07 Å². The zero-order valence-electron chi connectivity index (χ0n) is 13.4. The van der Waals surface area contributed by atoms with Crippen molar-refractivity contribution in [1.82, 2.24) is 10.1 Å². The Labute approximate surface area is 138 Å². The third-order valence-corrected chi connectivity index (χ3v) is 3.49. The first kappa shape index (κ1) is 15.9. The van der Waals surface area contributed by atoms with Crippen LogP contribution in [0.2, 0.25) is 0 Å². The fraction of sp³-hybridized carbons (Fsp3) is 0.312. The lowest BCUT2D eigenvalue weighted by Crippen LogP contribution is -2.36. The summed E-state index contributed by atoms with van der Waals surface area (Å²) in [4.78, 5) is 25.3. The third-order valence-electron chi connectivity index (χ3n) is 3.49. The number of benzene rings is 1. The third kappa shape index (κ3) is 3.65. The van der Waals surface area contributed by atoms with Gasteiger partial charge >= 0.3 is 0 Å². The van der Waals surface area contributed by atoms with Crippen molar-refractivity contribution in [1.29, 1.82) is 0 Å². The Bertz CT molecular complexity index is 771. The summed E-state index contributed by atoms with van der Waals surface area (Å²) in [7, 11) is 0. The lowest BCUT2D eigenvalue weighted by Gasteiger charge is -2.20. The molecule has 2 heterocycles. The molecule has 1 N–H and O–H groups in total. The molecule has 3 rings (SSSR count). The zero-order chi connectivity index (χ0) is 17.1. The van der Waals surface area contributed by atoms with E-state index in [1.54, 1.807) is 25.1 Å². The van der Waals surface area contributed by atoms with Crippen molar-refractivity contribution >= 4 is 17.6 Å². The van der Waals surface area contributed by atoms with Gasteiger partial charge in [0.25, 0.3) is 0 Å². The van der Waals surface area contributed by atoms with Gasteiger partial charge in [0.05, 0.1) is 0 Å². The van der Waals surface area contributed by atoms with Crippen molar-refractivity contribution in [3.8, 4) is 11.5 Å². The van der Waals surface area contributed by atoms with Crippen LogP contribution in [0.1, 0.15) is 18.2 Å². The van der Waals surface area contributed by atoms with Crippen LogP contribution < -0.4 is 14.8 Å². The molecule has 0 saturated carbocycles. The Morgan fingerprint density at radius 3 is 2.75 bits per heavy atom. The maximum absolute atomic E-state index is 12.1. The Balaban J connectivity index is 1.64. The average Bonchev–Trinajstić information content (AvgIpc) is 3.14. The molecule has 0 bridgehead atoms. The number of ether oxygens (including phenoxy) is 2. The number of rotatable bonds is 5. The van der Waals surface area contributed by atoms with Gasteiger partial charge in [-0.15, -0.1) is 0 Å². The van der Waals surface area contributed by atoms with Crippen LogP contribution in [-0.4, -0.2) is 35.2 Å². The van der Waals surface area contributed by atoms with Gasteiger partial charge in [0.1, 0.15) is 12.3 Å². The maximum atomic E-state index is 12.1. The van der Waals surface area contributed by atoms with Gasteiger partial charge in [0, 0.05) is 19.5 Å². The van der Waals surface area contributed by atoms with Crippen molar-refractivity contribution in [2.75, 3.05) is 18.7 Å². The van der Waals surface area contributed by atoms with Crippen molar-refractivity contribution in [2.45, 2.75) is 20.4 Å². The molecule has 0 spiro atoms. The molecule has 1 aromatic carbocycles. The predicted molar refractivity (Wildman–Crippen MR) is 83.5 cm³/mol. The number of aryl methyl sites for hydroxylation is 1. The number of carbonyl (C=O) groups is 2. The molecule has 1 aliphatic heterocycles. The lowest BCUT2D eigenvalue weighted by atomic mass is 10.2. The number of amides is 2. The van der Waals surface area contributed by atoms with Crippen LogP contribution in [0.5, 0.6) is 11.5 Å². The van der Waals surface area contributed by atoms with Crippen molar-refractivity contribution in [2.24, 2.45) is 0 Å². The van der Waals surface area contributed by atoms with Gasteiger partial charge in [-0.05, 0) is 24.6 Å². The number of nitrogens with one attached hydrogen (secondary N) is 1. The Kier molecular flexibility index (Phi) is 4.37. The molecule has 0 radical (unpaired) electrons. The molecular weight excluding hydrogens is 314 g/mol. The Morgan fingerprint density at radius 1 is 1.25 bits per heavy atom. The molecule has 24 heavy (non-hydrogen) atoms. The molecule has 0 aliphatic carbocycles. The maximum Gasteiger partial charge on any atom is 0.245 e. The first-order valence-electron chi connectivity index (χ1n) is 7.38. The largest absolute Gasteiger partial charge is 0.454 e. The van der Waals surface area contributed by atoms with Gasteiger partial charge in [-0.3, -0.25) is 9.59 Å². The normalized spacial score (nSPS) is 12.1. The summed E-state index contributed by atoms with van der Waals surface area (Å²) in [6.45, 7) is 3.53. The molecule has 0 saturated heterocycles. The van der Waals surface area contributed by atoms with Crippen molar-refractivity contribution in [3.63, 3.8) is 0 Å². The van der Waals surface area contributed by atoms with Crippen LogP contribution in [0, 0.1) is 6.92 Å². The van der Waals surface area contributed by atoms with E-state index < -0.39 is 0 Å². The highest BCUT2D eigenvalue weighted by Gasteiger charge is 2.18.